The van der Waals surface area contributed by atoms with Gasteiger partial charge in [-0.25, -0.2) is 9.67 Å². The van der Waals surface area contributed by atoms with Crippen molar-refractivity contribution in [3.05, 3.63) is 54.2 Å². The van der Waals surface area contributed by atoms with Crippen LogP contribution in [0.4, 0.5) is 5.69 Å². The van der Waals surface area contributed by atoms with Crippen LogP contribution in [0.3, 0.4) is 0 Å². The number of anilines is 1. The number of pyridine rings is 1. The average molecular weight is 488 g/mol. The third kappa shape index (κ3) is 4.73. The highest BCUT2D eigenvalue weighted by Gasteiger charge is 2.27. The maximum absolute atomic E-state index is 6.05. The second-order valence-electron chi connectivity index (χ2n) is 9.75. The number of benzene rings is 1. The minimum absolute atomic E-state index is 0.300. The van der Waals surface area contributed by atoms with E-state index >= 15 is 0 Å². The summed E-state index contributed by atoms with van der Waals surface area (Å²) < 4.78 is 13.6. The Morgan fingerprint density at radius 3 is 2.58 bits per heavy atom. The van der Waals surface area contributed by atoms with E-state index in [4.69, 9.17) is 14.1 Å². The van der Waals surface area contributed by atoms with Gasteiger partial charge in [0.25, 0.3) is 0 Å². The Morgan fingerprint density at radius 2 is 1.81 bits per heavy atom. The van der Waals surface area contributed by atoms with Gasteiger partial charge in [-0.1, -0.05) is 18.2 Å². The summed E-state index contributed by atoms with van der Waals surface area (Å²) in [6.45, 7) is 7.35. The second-order valence-corrected chi connectivity index (χ2v) is 9.75. The molecule has 188 valence electrons. The number of ether oxygens (including phenoxy) is 1. The van der Waals surface area contributed by atoms with Gasteiger partial charge in [0, 0.05) is 55.6 Å². The molecule has 9 nitrogen and oxygen atoms in total. The Kier molecular flexibility index (Phi) is 6.65. The molecular formula is C27H33N7O2. The van der Waals surface area contributed by atoms with E-state index in [0.717, 1.165) is 87.6 Å². The fourth-order valence-electron chi connectivity index (χ4n) is 5.31. The Morgan fingerprint density at radius 1 is 1.00 bits per heavy atom. The number of aromatic nitrogens is 5. The maximum Gasteiger partial charge on any atom is 0.247 e. The molecule has 2 aliphatic heterocycles. The van der Waals surface area contributed by atoms with Crippen LogP contribution in [-0.2, 0) is 17.8 Å². The van der Waals surface area contributed by atoms with Gasteiger partial charge in [0.1, 0.15) is 0 Å². The highest BCUT2D eigenvalue weighted by atomic mass is 16.5. The zero-order chi connectivity index (χ0) is 24.3. The number of nitrogens with zero attached hydrogens (tertiary/aromatic N) is 6. The molecule has 6 rings (SSSR count). The van der Waals surface area contributed by atoms with Crippen molar-refractivity contribution < 1.29 is 9.15 Å². The van der Waals surface area contributed by atoms with Gasteiger partial charge in [-0.15, -0.1) is 10.2 Å². The molecule has 0 amide bonds. The summed E-state index contributed by atoms with van der Waals surface area (Å²) in [4.78, 5) is 7.31. The Balaban J connectivity index is 1.16. The molecule has 0 unspecified atom stereocenters. The van der Waals surface area contributed by atoms with Crippen molar-refractivity contribution in [2.45, 2.75) is 57.7 Å². The largest absolute Gasteiger partial charge is 0.420 e. The summed E-state index contributed by atoms with van der Waals surface area (Å²) >= 11 is 0. The molecule has 2 fully saturated rings. The lowest BCUT2D eigenvalue weighted by Gasteiger charge is -2.31. The first-order valence-corrected chi connectivity index (χ1v) is 13.1. The smallest absolute Gasteiger partial charge is 0.247 e. The first-order chi connectivity index (χ1) is 17.8. The lowest BCUT2D eigenvalue weighted by Crippen LogP contribution is -2.33. The third-order valence-corrected chi connectivity index (χ3v) is 7.41. The van der Waals surface area contributed by atoms with Crippen molar-refractivity contribution >= 4 is 16.7 Å². The lowest BCUT2D eigenvalue weighted by molar-refractivity contribution is 0.0904. The van der Waals surface area contributed by atoms with E-state index in [1.807, 2.05) is 47.4 Å². The number of nitrogens with one attached hydrogen (secondary N) is 1. The van der Waals surface area contributed by atoms with Crippen LogP contribution in [0.25, 0.3) is 22.5 Å². The number of fused-ring (bicyclic) bond motifs is 1. The zero-order valence-corrected chi connectivity index (χ0v) is 20.8. The van der Waals surface area contributed by atoms with Crippen molar-refractivity contribution in [3.8, 4) is 11.5 Å². The predicted octanol–water partition coefficient (Wildman–Crippen LogP) is 4.47. The lowest BCUT2D eigenvalue weighted by atomic mass is 9.96. The van der Waals surface area contributed by atoms with Gasteiger partial charge in [-0.3, -0.25) is 4.90 Å². The van der Waals surface area contributed by atoms with E-state index in [-0.39, 0.29) is 0 Å². The van der Waals surface area contributed by atoms with Crippen molar-refractivity contribution in [2.24, 2.45) is 0 Å². The topological polar surface area (TPSA) is 94.1 Å². The number of hydrogen-bond donors (Lipinski definition) is 1. The molecule has 0 atom stereocenters. The quantitative estimate of drug-likeness (QED) is 0.408. The van der Waals surface area contributed by atoms with Crippen LogP contribution in [0, 0.1) is 0 Å². The molecule has 0 bridgehead atoms. The van der Waals surface area contributed by atoms with E-state index < -0.39 is 0 Å². The van der Waals surface area contributed by atoms with Crippen LogP contribution in [0.1, 0.15) is 50.0 Å². The van der Waals surface area contributed by atoms with E-state index in [9.17, 15) is 0 Å². The molecule has 0 radical (unpaired) electrons. The van der Waals surface area contributed by atoms with Gasteiger partial charge in [-0.2, -0.15) is 5.10 Å². The molecular weight excluding hydrogens is 454 g/mol. The molecule has 1 aromatic carbocycles. The second kappa shape index (κ2) is 10.4. The summed E-state index contributed by atoms with van der Waals surface area (Å²) in [5.74, 6) is 1.66. The van der Waals surface area contributed by atoms with E-state index in [1.54, 1.807) is 0 Å². The Hall–Kier alpha value is -3.30. The minimum Gasteiger partial charge on any atom is -0.420 e. The summed E-state index contributed by atoms with van der Waals surface area (Å²) in [6, 6.07) is 10.4. The molecule has 2 aliphatic rings. The molecule has 0 aliphatic carbocycles. The SMILES string of the molecule is CCn1ncc2c(NC3CCOCC3)c(CN3CCC(c4nnc(-c5ccccc5)o4)CC3)cnc21. The van der Waals surface area contributed by atoms with E-state index in [2.05, 4.69) is 32.4 Å². The Labute approximate surface area is 210 Å². The van der Waals surface area contributed by atoms with Gasteiger partial charge >= 0.3 is 0 Å². The first-order valence-electron chi connectivity index (χ1n) is 13.1. The highest BCUT2D eigenvalue weighted by Crippen LogP contribution is 2.33. The molecule has 0 saturated carbocycles. The van der Waals surface area contributed by atoms with Gasteiger partial charge in [0.15, 0.2) is 5.65 Å². The number of likely N-dealkylation sites (tertiary alicyclic amines) is 1. The van der Waals surface area contributed by atoms with Crippen molar-refractivity contribution in [2.75, 3.05) is 31.6 Å². The van der Waals surface area contributed by atoms with Crippen LogP contribution >= 0.6 is 0 Å². The molecule has 1 N–H and O–H groups in total. The van der Waals surface area contributed by atoms with Crippen molar-refractivity contribution in [3.63, 3.8) is 0 Å². The van der Waals surface area contributed by atoms with Crippen LogP contribution in [0.15, 0.2) is 47.1 Å². The van der Waals surface area contributed by atoms with Crippen molar-refractivity contribution in [1.82, 2.24) is 29.9 Å². The van der Waals surface area contributed by atoms with Gasteiger partial charge < -0.3 is 14.5 Å². The number of piperidine rings is 1. The molecule has 5 heterocycles. The highest BCUT2D eigenvalue weighted by molar-refractivity contribution is 5.90. The molecule has 36 heavy (non-hydrogen) atoms. The normalized spacial score (nSPS) is 18.1. The van der Waals surface area contributed by atoms with Crippen molar-refractivity contribution in [1.29, 1.82) is 0 Å². The molecule has 2 saturated heterocycles. The van der Waals surface area contributed by atoms with E-state index in [1.165, 1.54) is 11.3 Å². The van der Waals surface area contributed by atoms with Crippen LogP contribution in [0.5, 0.6) is 0 Å². The average Bonchev–Trinajstić information content (AvgIpc) is 3.59. The molecule has 4 aromatic rings. The number of aryl methyl sites for hydroxylation is 1. The summed E-state index contributed by atoms with van der Waals surface area (Å²) in [5.41, 5.74) is 4.32. The molecule has 3 aromatic heterocycles. The predicted molar refractivity (Wildman–Crippen MR) is 138 cm³/mol. The van der Waals surface area contributed by atoms with Crippen LogP contribution in [-0.4, -0.2) is 62.2 Å². The van der Waals surface area contributed by atoms with Gasteiger partial charge in [0.05, 0.1) is 17.3 Å². The standard InChI is InChI=1S/C27H33N7O2/c1-2-34-25-23(17-29-34)24(30-22-10-14-35-15-11-22)21(16-28-25)18-33-12-8-20(9-13-33)27-32-31-26(36-27)19-6-4-3-5-7-19/h3-7,16-17,20,22H,2,8-15,18H2,1H3,(H,28,30). The first kappa shape index (κ1) is 23.1. The Bertz CT molecular complexity index is 1290. The monoisotopic (exact) mass is 487 g/mol. The fraction of sp³-hybridized carbons (Fsp3) is 0.481. The zero-order valence-electron chi connectivity index (χ0n) is 20.8. The summed E-state index contributed by atoms with van der Waals surface area (Å²) in [5, 5.41) is 18.2. The van der Waals surface area contributed by atoms with Gasteiger partial charge in [-0.05, 0) is 57.8 Å². The number of rotatable bonds is 7. The minimum atomic E-state index is 0.300. The summed E-state index contributed by atoms with van der Waals surface area (Å²) in [6.07, 6.45) is 8.04. The maximum atomic E-state index is 6.05. The van der Waals surface area contributed by atoms with E-state index in [0.29, 0.717) is 17.9 Å². The molecule has 0 spiro atoms. The third-order valence-electron chi connectivity index (χ3n) is 7.41. The van der Waals surface area contributed by atoms with Crippen LogP contribution < -0.4 is 5.32 Å². The summed E-state index contributed by atoms with van der Waals surface area (Å²) in [7, 11) is 0. The van der Waals surface area contributed by atoms with Gasteiger partial charge in [0.2, 0.25) is 11.8 Å². The number of hydrogen-bond acceptors (Lipinski definition) is 8. The van der Waals surface area contributed by atoms with Crippen LogP contribution in [0.2, 0.25) is 0 Å². The molecule has 9 heteroatoms. The fourth-order valence-corrected chi connectivity index (χ4v) is 5.31.